The van der Waals surface area contributed by atoms with Crippen LogP contribution in [-0.4, -0.2) is 48.4 Å². The molecule has 0 spiro atoms. The third-order valence-electron chi connectivity index (χ3n) is 10.1. The molecule has 0 radical (unpaired) electrons. The molecule has 4 unspecified atom stereocenters. The van der Waals surface area contributed by atoms with Crippen molar-refractivity contribution >= 4 is 25.0 Å². The Morgan fingerprint density at radius 2 is 0.756 bits per heavy atom. The zero-order valence-electron chi connectivity index (χ0n) is 24.8. The van der Waals surface area contributed by atoms with Gasteiger partial charge in [-0.15, -0.1) is 0 Å². The van der Waals surface area contributed by atoms with Gasteiger partial charge in [0.1, 0.15) is 24.3 Å². The predicted molar refractivity (Wildman–Crippen MR) is 182 cm³/mol. The first-order valence-corrected chi connectivity index (χ1v) is 17.5. The standard InChI is InChI=1S/C40H33N2O2P/c1-6-16-28(17-7-1)39(29-18-8-2-9-19-29)35-37(39)43-33(41-35)26-45(32-24-14-5-15-25-32)27-34-42-36-38(44-34)40(36,30-20-10-3-11-21-30)31-22-12-4-13-23-31/h1-25,35-38H,26-27H2. The van der Waals surface area contributed by atoms with Crippen LogP contribution in [0, 0.1) is 0 Å². The van der Waals surface area contributed by atoms with Crippen molar-refractivity contribution < 1.29 is 9.47 Å². The Kier molecular flexibility index (Phi) is 6.28. The van der Waals surface area contributed by atoms with Gasteiger partial charge in [0, 0.05) is 12.3 Å². The average molecular weight is 605 g/mol. The highest BCUT2D eigenvalue weighted by atomic mass is 31.1. The van der Waals surface area contributed by atoms with E-state index in [2.05, 4.69) is 152 Å². The summed E-state index contributed by atoms with van der Waals surface area (Å²) in [7, 11) is -0.665. The van der Waals surface area contributed by atoms with Gasteiger partial charge in [-0.3, -0.25) is 0 Å². The van der Waals surface area contributed by atoms with E-state index in [0.29, 0.717) is 0 Å². The summed E-state index contributed by atoms with van der Waals surface area (Å²) < 4.78 is 13.5. The lowest BCUT2D eigenvalue weighted by atomic mass is 9.86. The lowest BCUT2D eigenvalue weighted by Gasteiger charge is -2.24. The minimum Gasteiger partial charge on any atom is -0.474 e. The molecule has 2 aliphatic heterocycles. The van der Waals surface area contributed by atoms with Crippen LogP contribution in [0.1, 0.15) is 22.3 Å². The van der Waals surface area contributed by atoms with E-state index in [0.717, 1.165) is 24.1 Å². The molecule has 9 rings (SSSR count). The largest absolute Gasteiger partial charge is 0.474 e. The molecule has 5 aromatic carbocycles. The number of hydrogen-bond acceptors (Lipinski definition) is 4. The Balaban J connectivity index is 0.994. The van der Waals surface area contributed by atoms with E-state index in [4.69, 9.17) is 19.5 Å². The number of aliphatic imine (C=N–C) groups is 2. The Hall–Kier alpha value is -4.53. The second-order valence-electron chi connectivity index (χ2n) is 12.4. The maximum atomic E-state index is 6.74. The van der Waals surface area contributed by atoms with Crippen LogP contribution >= 0.6 is 7.92 Å². The van der Waals surface area contributed by atoms with Crippen LogP contribution < -0.4 is 5.30 Å². The van der Waals surface area contributed by atoms with E-state index in [1.54, 1.807) is 0 Å². The molecular formula is C40H33N2O2P. The van der Waals surface area contributed by atoms with Gasteiger partial charge in [-0.05, 0) is 27.6 Å². The van der Waals surface area contributed by atoms with Crippen LogP contribution in [0.2, 0.25) is 0 Å². The highest BCUT2D eigenvalue weighted by Gasteiger charge is 2.73. The maximum absolute atomic E-state index is 6.74. The maximum Gasteiger partial charge on any atom is 0.188 e. The fraction of sp³-hybridized carbons (Fsp3) is 0.200. The minimum atomic E-state index is -0.665. The predicted octanol–water partition coefficient (Wildman–Crippen LogP) is 7.13. The summed E-state index contributed by atoms with van der Waals surface area (Å²) in [6.07, 6.45) is 1.61. The van der Waals surface area contributed by atoms with Gasteiger partial charge in [-0.1, -0.05) is 160 Å². The van der Waals surface area contributed by atoms with Crippen molar-refractivity contribution in [1.82, 2.24) is 0 Å². The van der Waals surface area contributed by atoms with E-state index < -0.39 is 7.92 Å². The van der Waals surface area contributed by atoms with E-state index in [1.165, 1.54) is 27.6 Å². The normalized spacial score (nSPS) is 25.1. The number of hydrogen-bond donors (Lipinski definition) is 0. The van der Waals surface area contributed by atoms with E-state index in [-0.39, 0.29) is 35.1 Å². The zero-order chi connectivity index (χ0) is 29.8. The fourth-order valence-electron chi connectivity index (χ4n) is 7.88. The first-order valence-electron chi connectivity index (χ1n) is 15.8. The zero-order valence-corrected chi connectivity index (χ0v) is 25.7. The lowest BCUT2D eigenvalue weighted by molar-refractivity contribution is 0.277. The first kappa shape index (κ1) is 26.8. The van der Waals surface area contributed by atoms with Crippen LogP contribution in [0.3, 0.4) is 0 Å². The van der Waals surface area contributed by atoms with Gasteiger partial charge >= 0.3 is 0 Å². The Morgan fingerprint density at radius 1 is 0.444 bits per heavy atom. The summed E-state index contributed by atoms with van der Waals surface area (Å²) in [5.41, 5.74) is 4.64. The highest BCUT2D eigenvalue weighted by Crippen LogP contribution is 2.62. The van der Waals surface area contributed by atoms with E-state index in [9.17, 15) is 0 Å². The molecule has 4 aliphatic rings. The molecule has 4 atom stereocenters. The third-order valence-corrected chi connectivity index (χ3v) is 12.4. The molecule has 4 nitrogen and oxygen atoms in total. The fourth-order valence-corrected chi connectivity index (χ4v) is 9.92. The monoisotopic (exact) mass is 604 g/mol. The second kappa shape index (κ2) is 10.5. The number of benzene rings is 5. The SMILES string of the molecule is c1ccc(P(CC2=NC3C(O2)C3(c2ccccc2)c2ccccc2)CC2=NC3C(O2)C3(c2ccccc2)c2ccccc2)cc1. The summed E-state index contributed by atoms with van der Waals surface area (Å²) in [6, 6.07) is 53.9. The molecule has 2 aliphatic carbocycles. The molecule has 45 heavy (non-hydrogen) atoms. The summed E-state index contributed by atoms with van der Waals surface area (Å²) in [5.74, 6) is 1.74. The average Bonchev–Trinajstić information content (AvgIpc) is 3.73. The molecule has 5 aromatic rings. The summed E-state index contributed by atoms with van der Waals surface area (Å²) in [6.45, 7) is 0. The van der Waals surface area contributed by atoms with Crippen LogP contribution in [0.15, 0.2) is 162 Å². The molecule has 220 valence electrons. The molecule has 0 amide bonds. The highest BCUT2D eigenvalue weighted by molar-refractivity contribution is 7.67. The number of fused-ring (bicyclic) bond motifs is 2. The van der Waals surface area contributed by atoms with Crippen LogP contribution in [0.5, 0.6) is 0 Å². The molecule has 0 saturated heterocycles. The first-order chi connectivity index (χ1) is 22.3. The smallest absolute Gasteiger partial charge is 0.188 e. The minimum absolute atomic E-state index is 0.0231. The van der Waals surface area contributed by atoms with Crippen molar-refractivity contribution in [2.24, 2.45) is 9.98 Å². The quantitative estimate of drug-likeness (QED) is 0.168. The molecule has 2 heterocycles. The summed E-state index contributed by atoms with van der Waals surface area (Å²) in [4.78, 5) is 10.5. The number of rotatable bonds is 9. The van der Waals surface area contributed by atoms with Gasteiger partial charge < -0.3 is 9.47 Å². The van der Waals surface area contributed by atoms with Gasteiger partial charge in [-0.25, -0.2) is 9.98 Å². The molecular weight excluding hydrogens is 571 g/mol. The lowest BCUT2D eigenvalue weighted by Crippen LogP contribution is -2.26. The van der Waals surface area contributed by atoms with E-state index >= 15 is 0 Å². The van der Waals surface area contributed by atoms with E-state index in [1.807, 2.05) is 0 Å². The van der Waals surface area contributed by atoms with Gasteiger partial charge in [0.05, 0.1) is 10.8 Å². The topological polar surface area (TPSA) is 43.2 Å². The number of nitrogens with zero attached hydrogens (tertiary/aromatic N) is 2. The van der Waals surface area contributed by atoms with Crippen molar-refractivity contribution in [2.75, 3.05) is 12.3 Å². The van der Waals surface area contributed by atoms with Gasteiger partial charge in [0.25, 0.3) is 0 Å². The van der Waals surface area contributed by atoms with Crippen molar-refractivity contribution in [2.45, 2.75) is 35.1 Å². The van der Waals surface area contributed by atoms with Crippen molar-refractivity contribution in [3.63, 3.8) is 0 Å². The Bertz CT molecular complexity index is 1680. The van der Waals surface area contributed by atoms with Crippen molar-refractivity contribution in [3.8, 4) is 0 Å². The molecule has 5 heteroatoms. The van der Waals surface area contributed by atoms with Gasteiger partial charge in [-0.2, -0.15) is 0 Å². The van der Waals surface area contributed by atoms with Crippen molar-refractivity contribution in [3.05, 3.63) is 174 Å². The molecule has 2 saturated carbocycles. The van der Waals surface area contributed by atoms with Crippen LogP contribution in [0.4, 0.5) is 0 Å². The molecule has 0 N–H and O–H groups in total. The third kappa shape index (κ3) is 4.16. The Morgan fingerprint density at radius 3 is 1.04 bits per heavy atom. The number of ether oxygens (including phenoxy) is 2. The van der Waals surface area contributed by atoms with Gasteiger partial charge in [0.2, 0.25) is 0 Å². The Labute approximate surface area is 265 Å². The molecule has 0 bridgehead atoms. The summed E-state index contributed by atoms with van der Waals surface area (Å²) >= 11 is 0. The molecule has 2 fully saturated rings. The molecule has 0 aromatic heterocycles. The summed E-state index contributed by atoms with van der Waals surface area (Å²) in [5, 5.41) is 1.32. The second-order valence-corrected chi connectivity index (χ2v) is 14.6. The van der Waals surface area contributed by atoms with Crippen molar-refractivity contribution in [1.29, 1.82) is 0 Å². The van der Waals surface area contributed by atoms with Gasteiger partial charge in [0.15, 0.2) is 11.8 Å². The van der Waals surface area contributed by atoms with Crippen LogP contribution in [-0.2, 0) is 20.3 Å². The van der Waals surface area contributed by atoms with Crippen LogP contribution in [0.25, 0.3) is 0 Å².